The van der Waals surface area contributed by atoms with Gasteiger partial charge >= 0.3 is 0 Å². The highest BCUT2D eigenvalue weighted by Crippen LogP contribution is 2.22. The Bertz CT molecular complexity index is 491. The normalized spacial score (nSPS) is 13.4. The van der Waals surface area contributed by atoms with Crippen LogP contribution in [0.15, 0.2) is 24.3 Å². The van der Waals surface area contributed by atoms with E-state index in [9.17, 15) is 9.59 Å². The van der Waals surface area contributed by atoms with Crippen LogP contribution < -0.4 is 11.1 Å². The lowest BCUT2D eigenvalue weighted by molar-refractivity contribution is -0.128. The van der Waals surface area contributed by atoms with Gasteiger partial charge < -0.3 is 16.0 Å². The maximum Gasteiger partial charge on any atom is 0.231 e. The largest absolute Gasteiger partial charge is 0.349 e. The zero-order valence-corrected chi connectivity index (χ0v) is 13.3. The second-order valence-electron chi connectivity index (χ2n) is 5.73. The first-order valence-electron chi connectivity index (χ1n) is 7.13. The Kier molecular flexibility index (Phi) is 5.90. The van der Waals surface area contributed by atoms with Crippen LogP contribution in [0.25, 0.3) is 0 Å². The van der Waals surface area contributed by atoms with E-state index in [-0.39, 0.29) is 11.8 Å². The van der Waals surface area contributed by atoms with Gasteiger partial charge in [0.15, 0.2) is 0 Å². The van der Waals surface area contributed by atoms with Gasteiger partial charge in [-0.1, -0.05) is 19.1 Å². The lowest BCUT2D eigenvalue weighted by Gasteiger charge is -2.25. The number of amides is 2. The number of hydrogen-bond donors (Lipinski definition) is 2. The number of likely N-dealkylation sites (N-methyl/N-ethyl adjacent to an activating group) is 1. The molecule has 0 saturated heterocycles. The number of carbonyl (C=O) groups is 2. The Morgan fingerprint density at radius 1 is 1.24 bits per heavy atom. The van der Waals surface area contributed by atoms with Crippen LogP contribution in [0, 0.1) is 5.41 Å². The van der Waals surface area contributed by atoms with Crippen LogP contribution in [0.1, 0.15) is 25.8 Å². The monoisotopic (exact) mass is 291 g/mol. The van der Waals surface area contributed by atoms with E-state index in [2.05, 4.69) is 5.32 Å². The quantitative estimate of drug-likeness (QED) is 0.836. The van der Waals surface area contributed by atoms with E-state index in [1.807, 2.05) is 38.1 Å². The number of rotatable bonds is 6. The maximum atomic E-state index is 12.2. The van der Waals surface area contributed by atoms with Crippen molar-refractivity contribution in [2.24, 2.45) is 11.1 Å². The van der Waals surface area contributed by atoms with Gasteiger partial charge in [-0.2, -0.15) is 0 Å². The lowest BCUT2D eigenvalue weighted by Crippen LogP contribution is -2.39. The van der Waals surface area contributed by atoms with E-state index in [1.165, 1.54) is 0 Å². The molecule has 0 saturated carbocycles. The van der Waals surface area contributed by atoms with Crippen molar-refractivity contribution < 1.29 is 9.59 Å². The summed E-state index contributed by atoms with van der Waals surface area (Å²) in [6, 6.07) is 7.32. The number of nitrogens with zero attached hydrogens (tertiary/aromatic N) is 1. The molecule has 1 unspecified atom stereocenters. The molecule has 0 aliphatic rings. The van der Waals surface area contributed by atoms with Gasteiger partial charge in [0.25, 0.3) is 0 Å². The van der Waals surface area contributed by atoms with E-state index in [1.54, 1.807) is 19.0 Å². The van der Waals surface area contributed by atoms with Crippen LogP contribution in [0.2, 0.25) is 0 Å². The second-order valence-corrected chi connectivity index (χ2v) is 5.73. The molecule has 0 heterocycles. The summed E-state index contributed by atoms with van der Waals surface area (Å²) in [5, 5.41) is 2.87. The third-order valence-electron chi connectivity index (χ3n) is 3.84. The third-order valence-corrected chi connectivity index (χ3v) is 3.84. The first-order chi connectivity index (χ1) is 9.82. The van der Waals surface area contributed by atoms with Crippen LogP contribution in [0.4, 0.5) is 5.69 Å². The molecule has 0 bridgehead atoms. The van der Waals surface area contributed by atoms with Crippen molar-refractivity contribution in [3.8, 4) is 0 Å². The van der Waals surface area contributed by atoms with Gasteiger partial charge in [0.1, 0.15) is 0 Å². The minimum absolute atomic E-state index is 0.0495. The molecule has 1 rings (SSSR count). The van der Waals surface area contributed by atoms with Crippen LogP contribution in [0.5, 0.6) is 0 Å². The third kappa shape index (κ3) is 4.56. The molecule has 1 atom stereocenters. The summed E-state index contributed by atoms with van der Waals surface area (Å²) in [5.41, 5.74) is 6.76. The molecule has 3 N–H and O–H groups in total. The lowest BCUT2D eigenvalue weighted by atomic mass is 9.86. The minimum Gasteiger partial charge on any atom is -0.349 e. The van der Waals surface area contributed by atoms with Crippen molar-refractivity contribution in [2.45, 2.75) is 26.7 Å². The predicted octanol–water partition coefficient (Wildman–Crippen LogP) is 1.63. The standard InChI is InChI=1S/C16H25N3O2/c1-5-16(2,11-17)15(21)18-13-8-6-12(7-9-13)10-14(20)19(3)4/h6-9H,5,10-11,17H2,1-4H3,(H,18,21). The summed E-state index contributed by atoms with van der Waals surface area (Å²) in [5.74, 6) is -0.0295. The molecule has 1 aromatic rings. The molecule has 0 aromatic heterocycles. The van der Waals surface area contributed by atoms with E-state index < -0.39 is 5.41 Å². The number of carbonyl (C=O) groups excluding carboxylic acids is 2. The van der Waals surface area contributed by atoms with E-state index >= 15 is 0 Å². The first kappa shape index (κ1) is 17.2. The Balaban J connectivity index is 2.71. The van der Waals surface area contributed by atoms with Crippen molar-refractivity contribution in [1.82, 2.24) is 4.90 Å². The topological polar surface area (TPSA) is 75.4 Å². The van der Waals surface area contributed by atoms with Gasteiger partial charge in [-0.25, -0.2) is 0 Å². The van der Waals surface area contributed by atoms with Gasteiger partial charge in [0.05, 0.1) is 11.8 Å². The highest BCUT2D eigenvalue weighted by atomic mass is 16.2. The predicted molar refractivity (Wildman–Crippen MR) is 84.9 cm³/mol. The molecule has 0 spiro atoms. The van der Waals surface area contributed by atoms with Crippen LogP contribution in [-0.4, -0.2) is 37.4 Å². The number of nitrogens with two attached hydrogens (primary N) is 1. The number of anilines is 1. The molecule has 1 aromatic carbocycles. The fourth-order valence-corrected chi connectivity index (χ4v) is 1.72. The molecule has 0 aliphatic carbocycles. The summed E-state index contributed by atoms with van der Waals surface area (Å²) in [4.78, 5) is 25.4. The molecule has 2 amide bonds. The number of benzene rings is 1. The number of nitrogens with one attached hydrogen (secondary N) is 1. The molecule has 0 radical (unpaired) electrons. The SMILES string of the molecule is CCC(C)(CN)C(=O)Nc1ccc(CC(=O)N(C)C)cc1. The molecule has 5 heteroatoms. The van der Waals surface area contributed by atoms with E-state index in [0.717, 1.165) is 5.56 Å². The van der Waals surface area contributed by atoms with Crippen molar-refractivity contribution in [3.63, 3.8) is 0 Å². The molecular formula is C16H25N3O2. The zero-order valence-electron chi connectivity index (χ0n) is 13.3. The van der Waals surface area contributed by atoms with Gasteiger partial charge in [0, 0.05) is 26.3 Å². The van der Waals surface area contributed by atoms with Crippen molar-refractivity contribution >= 4 is 17.5 Å². The maximum absolute atomic E-state index is 12.2. The molecule has 116 valence electrons. The van der Waals surface area contributed by atoms with Gasteiger partial charge in [0.2, 0.25) is 11.8 Å². The smallest absolute Gasteiger partial charge is 0.231 e. The summed E-state index contributed by atoms with van der Waals surface area (Å²) in [6.07, 6.45) is 1.04. The highest BCUT2D eigenvalue weighted by molar-refractivity contribution is 5.95. The summed E-state index contributed by atoms with van der Waals surface area (Å²) in [6.45, 7) is 4.11. The zero-order chi connectivity index (χ0) is 16.0. The summed E-state index contributed by atoms with van der Waals surface area (Å²) in [7, 11) is 3.46. The first-order valence-corrected chi connectivity index (χ1v) is 7.13. The number of hydrogen-bond acceptors (Lipinski definition) is 3. The Morgan fingerprint density at radius 2 is 1.81 bits per heavy atom. The molecule has 0 aliphatic heterocycles. The van der Waals surface area contributed by atoms with Crippen molar-refractivity contribution in [1.29, 1.82) is 0 Å². The van der Waals surface area contributed by atoms with E-state index in [0.29, 0.717) is 25.1 Å². The van der Waals surface area contributed by atoms with Crippen molar-refractivity contribution in [3.05, 3.63) is 29.8 Å². The van der Waals surface area contributed by atoms with Crippen molar-refractivity contribution in [2.75, 3.05) is 26.0 Å². The Hall–Kier alpha value is -1.88. The van der Waals surface area contributed by atoms with Gasteiger partial charge in [-0.15, -0.1) is 0 Å². The molecule has 0 fully saturated rings. The summed E-state index contributed by atoms with van der Waals surface area (Å²) >= 11 is 0. The van der Waals surface area contributed by atoms with Crippen LogP contribution >= 0.6 is 0 Å². The average molecular weight is 291 g/mol. The molecule has 21 heavy (non-hydrogen) atoms. The molecular weight excluding hydrogens is 266 g/mol. The highest BCUT2D eigenvalue weighted by Gasteiger charge is 2.29. The van der Waals surface area contributed by atoms with E-state index in [4.69, 9.17) is 5.73 Å². The Labute approximate surface area is 126 Å². The van der Waals surface area contributed by atoms with Crippen LogP contribution in [-0.2, 0) is 16.0 Å². The fourth-order valence-electron chi connectivity index (χ4n) is 1.72. The fraction of sp³-hybridized carbons (Fsp3) is 0.500. The van der Waals surface area contributed by atoms with Crippen LogP contribution in [0.3, 0.4) is 0 Å². The second kappa shape index (κ2) is 7.22. The molecule has 5 nitrogen and oxygen atoms in total. The van der Waals surface area contributed by atoms with Gasteiger partial charge in [-0.05, 0) is 31.0 Å². The minimum atomic E-state index is -0.556. The Morgan fingerprint density at radius 3 is 2.24 bits per heavy atom. The average Bonchev–Trinajstić information content (AvgIpc) is 2.48. The summed E-state index contributed by atoms with van der Waals surface area (Å²) < 4.78 is 0. The van der Waals surface area contributed by atoms with Gasteiger partial charge in [-0.3, -0.25) is 9.59 Å².